The van der Waals surface area contributed by atoms with Gasteiger partial charge in [-0.3, -0.25) is 4.57 Å². The van der Waals surface area contributed by atoms with Crippen LogP contribution in [0.5, 0.6) is 11.8 Å². The van der Waals surface area contributed by atoms with E-state index in [4.69, 9.17) is 24.2 Å². The molecule has 0 radical (unpaired) electrons. The summed E-state index contributed by atoms with van der Waals surface area (Å²) < 4.78 is 19.0. The summed E-state index contributed by atoms with van der Waals surface area (Å²) in [5.41, 5.74) is 3.55. The van der Waals surface area contributed by atoms with Gasteiger partial charge in [-0.05, 0) is 50.3 Å². The molecule has 4 aromatic rings. The van der Waals surface area contributed by atoms with Crippen LogP contribution in [0.4, 0.5) is 4.79 Å². The van der Waals surface area contributed by atoms with E-state index < -0.39 is 11.7 Å². The first-order chi connectivity index (χ1) is 17.6. The fraction of sp³-hybridized carbons (Fsp3) is 0.367. The van der Waals surface area contributed by atoms with Gasteiger partial charge in [0, 0.05) is 18.0 Å². The van der Waals surface area contributed by atoms with Gasteiger partial charge in [0.15, 0.2) is 0 Å². The molecule has 0 bridgehead atoms. The van der Waals surface area contributed by atoms with Gasteiger partial charge in [-0.25, -0.2) is 14.8 Å². The molecule has 0 N–H and O–H groups in total. The summed E-state index contributed by atoms with van der Waals surface area (Å²) in [4.78, 5) is 22.6. The summed E-state index contributed by atoms with van der Waals surface area (Å²) in [6, 6.07) is 17.7. The van der Waals surface area contributed by atoms with Gasteiger partial charge in [0.25, 0.3) is 0 Å². The highest BCUT2D eigenvalue weighted by Crippen LogP contribution is 2.30. The molecule has 0 aliphatic heterocycles. The van der Waals surface area contributed by atoms with Crippen molar-refractivity contribution in [1.29, 1.82) is 0 Å². The maximum atomic E-state index is 13.0. The molecule has 2 heterocycles. The molecule has 0 unspecified atom stereocenters. The van der Waals surface area contributed by atoms with Gasteiger partial charge in [-0.2, -0.15) is 0 Å². The third kappa shape index (κ3) is 6.47. The first-order valence-corrected chi connectivity index (χ1v) is 12.6. The van der Waals surface area contributed by atoms with Gasteiger partial charge in [0.1, 0.15) is 23.6 Å². The molecule has 0 saturated carbocycles. The van der Waals surface area contributed by atoms with Crippen LogP contribution >= 0.6 is 0 Å². The van der Waals surface area contributed by atoms with E-state index >= 15 is 0 Å². The van der Waals surface area contributed by atoms with Gasteiger partial charge >= 0.3 is 6.09 Å². The number of benzene rings is 2. The average molecular weight is 502 g/mol. The molecule has 0 spiro atoms. The summed E-state index contributed by atoms with van der Waals surface area (Å²) in [5.74, 6) is 1.33. The van der Waals surface area contributed by atoms with Crippen LogP contribution in [0.15, 0.2) is 60.8 Å². The number of ether oxygens (including phenoxy) is 3. The monoisotopic (exact) mass is 501 g/mol. The van der Waals surface area contributed by atoms with Crippen molar-refractivity contribution >= 4 is 17.0 Å². The maximum absolute atomic E-state index is 13.0. The number of carbonyl (C=O) groups excluding carboxylic acids is 1. The van der Waals surface area contributed by atoms with Crippen molar-refractivity contribution < 1.29 is 19.0 Å². The molecule has 0 aliphatic carbocycles. The Morgan fingerprint density at radius 3 is 2.30 bits per heavy atom. The summed E-state index contributed by atoms with van der Waals surface area (Å²) in [6.45, 7) is 10.2. The van der Waals surface area contributed by atoms with E-state index in [9.17, 15) is 4.79 Å². The minimum absolute atomic E-state index is 0.371. The highest BCUT2D eigenvalue weighted by atomic mass is 16.6. The number of aromatic nitrogens is 3. The van der Waals surface area contributed by atoms with Crippen LogP contribution in [0.1, 0.15) is 57.1 Å². The largest absolute Gasteiger partial charge is 0.480 e. The summed E-state index contributed by atoms with van der Waals surface area (Å²) in [6.07, 6.45) is 2.51. The number of fused-ring (bicyclic) bond motifs is 1. The molecule has 0 saturated heterocycles. The van der Waals surface area contributed by atoms with E-state index in [0.29, 0.717) is 42.8 Å². The highest BCUT2D eigenvalue weighted by molar-refractivity contribution is 5.92. The van der Waals surface area contributed by atoms with Crippen LogP contribution in [0, 0.1) is 5.92 Å². The second kappa shape index (κ2) is 11.0. The van der Waals surface area contributed by atoms with Gasteiger partial charge < -0.3 is 14.2 Å². The van der Waals surface area contributed by atoms with Crippen LogP contribution in [-0.2, 0) is 24.2 Å². The molecule has 37 heavy (non-hydrogen) atoms. The standard InChI is InChI=1S/C30H35N3O4/c1-20(2)16-24-28(36-19-21-12-8-7-9-13-21)32-25(27(31-24)35-6)17-22-18-33(29(34)37-30(3,4)5)26-15-11-10-14-23(22)26/h7-15,18,20H,16-17,19H2,1-6H3. The van der Waals surface area contributed by atoms with E-state index in [0.717, 1.165) is 27.7 Å². The Balaban J connectivity index is 1.72. The van der Waals surface area contributed by atoms with Crippen molar-refractivity contribution in [3.8, 4) is 11.8 Å². The first kappa shape index (κ1) is 26.2. The highest BCUT2D eigenvalue weighted by Gasteiger charge is 2.23. The fourth-order valence-corrected chi connectivity index (χ4v) is 4.14. The zero-order valence-electron chi connectivity index (χ0n) is 22.4. The Bertz CT molecular complexity index is 1370. The quantitative estimate of drug-likeness (QED) is 0.271. The van der Waals surface area contributed by atoms with Crippen molar-refractivity contribution in [1.82, 2.24) is 14.5 Å². The summed E-state index contributed by atoms with van der Waals surface area (Å²) in [7, 11) is 1.60. The molecule has 7 nitrogen and oxygen atoms in total. The van der Waals surface area contributed by atoms with Gasteiger partial charge in [0.2, 0.25) is 11.8 Å². The molecular formula is C30H35N3O4. The van der Waals surface area contributed by atoms with Crippen LogP contribution in [0.3, 0.4) is 0 Å². The molecule has 0 amide bonds. The van der Waals surface area contributed by atoms with Crippen molar-refractivity contribution in [2.75, 3.05) is 7.11 Å². The van der Waals surface area contributed by atoms with Gasteiger partial charge in [0.05, 0.1) is 12.6 Å². The smallest absolute Gasteiger partial charge is 0.419 e. The van der Waals surface area contributed by atoms with Crippen LogP contribution < -0.4 is 9.47 Å². The first-order valence-electron chi connectivity index (χ1n) is 12.6. The lowest BCUT2D eigenvalue weighted by molar-refractivity contribution is 0.0544. The third-order valence-electron chi connectivity index (χ3n) is 5.72. The lowest BCUT2D eigenvalue weighted by Crippen LogP contribution is -2.26. The van der Waals surface area contributed by atoms with E-state index in [1.165, 1.54) is 0 Å². The molecule has 2 aromatic heterocycles. The Morgan fingerprint density at radius 2 is 1.62 bits per heavy atom. The normalized spacial score (nSPS) is 11.6. The number of hydrogen-bond acceptors (Lipinski definition) is 6. The van der Waals surface area contributed by atoms with Crippen LogP contribution in [-0.4, -0.2) is 33.3 Å². The van der Waals surface area contributed by atoms with Crippen molar-refractivity contribution in [2.45, 2.75) is 59.7 Å². The predicted octanol–water partition coefficient (Wildman–Crippen LogP) is 6.59. The number of methoxy groups -OCH3 is 1. The SMILES string of the molecule is COc1nc(CC(C)C)c(OCc2ccccc2)nc1Cc1cn(C(=O)OC(C)(C)C)c2ccccc12. The minimum atomic E-state index is -0.603. The molecule has 4 rings (SSSR count). The van der Waals surface area contributed by atoms with Crippen molar-refractivity contribution in [2.24, 2.45) is 5.92 Å². The Hall–Kier alpha value is -3.87. The van der Waals surface area contributed by atoms with Crippen molar-refractivity contribution in [3.05, 3.63) is 83.3 Å². The topological polar surface area (TPSA) is 75.5 Å². The van der Waals surface area contributed by atoms with Gasteiger partial charge in [-0.1, -0.05) is 62.4 Å². The lowest BCUT2D eigenvalue weighted by atomic mass is 10.1. The minimum Gasteiger partial charge on any atom is -0.480 e. The number of hydrogen-bond donors (Lipinski definition) is 0. The number of rotatable bonds is 8. The van der Waals surface area contributed by atoms with Gasteiger partial charge in [-0.15, -0.1) is 0 Å². The van der Waals surface area contributed by atoms with E-state index in [-0.39, 0.29) is 0 Å². The Labute approximate surface area is 218 Å². The fourth-order valence-electron chi connectivity index (χ4n) is 4.14. The summed E-state index contributed by atoms with van der Waals surface area (Å²) in [5, 5.41) is 0.940. The predicted molar refractivity (Wildman–Crippen MR) is 144 cm³/mol. The molecule has 0 fully saturated rings. The Kier molecular flexibility index (Phi) is 7.81. The second-order valence-corrected chi connectivity index (χ2v) is 10.5. The molecule has 0 atom stereocenters. The average Bonchev–Trinajstić information content (AvgIpc) is 3.21. The third-order valence-corrected chi connectivity index (χ3v) is 5.72. The number of para-hydroxylation sites is 1. The molecule has 0 aliphatic rings. The van der Waals surface area contributed by atoms with E-state index in [1.807, 2.05) is 81.6 Å². The van der Waals surface area contributed by atoms with E-state index in [1.54, 1.807) is 11.7 Å². The Morgan fingerprint density at radius 1 is 0.946 bits per heavy atom. The van der Waals surface area contributed by atoms with Crippen molar-refractivity contribution in [3.63, 3.8) is 0 Å². The molecule has 7 heteroatoms. The molecule has 2 aromatic carbocycles. The summed E-state index contributed by atoms with van der Waals surface area (Å²) >= 11 is 0. The zero-order valence-corrected chi connectivity index (χ0v) is 22.4. The maximum Gasteiger partial charge on any atom is 0.419 e. The van der Waals surface area contributed by atoms with Crippen LogP contribution in [0.2, 0.25) is 0 Å². The molecule has 194 valence electrons. The number of carbonyl (C=O) groups is 1. The lowest BCUT2D eigenvalue weighted by Gasteiger charge is -2.19. The molecular weight excluding hydrogens is 466 g/mol. The van der Waals surface area contributed by atoms with Crippen LogP contribution in [0.25, 0.3) is 10.9 Å². The zero-order chi connectivity index (χ0) is 26.6. The second-order valence-electron chi connectivity index (χ2n) is 10.5. The number of nitrogens with zero attached hydrogens (tertiary/aromatic N) is 3. The van der Waals surface area contributed by atoms with E-state index in [2.05, 4.69) is 13.8 Å².